The van der Waals surface area contributed by atoms with E-state index in [-0.39, 0.29) is 0 Å². The molecule has 2 aromatic rings. The molecular weight excluding hydrogens is 250 g/mol. The molecule has 0 amide bonds. The van der Waals surface area contributed by atoms with E-state index in [0.717, 1.165) is 11.1 Å². The van der Waals surface area contributed by atoms with Crippen molar-refractivity contribution in [3.8, 4) is 5.75 Å². The molecule has 0 aliphatic rings. The number of hydrogen-bond acceptors (Lipinski definition) is 3. The third kappa shape index (κ3) is 3.50. The van der Waals surface area contributed by atoms with Gasteiger partial charge in [0.2, 0.25) is 0 Å². The van der Waals surface area contributed by atoms with Crippen LogP contribution in [0.25, 0.3) is 0 Å². The molecule has 2 aromatic carbocycles. The molecule has 2 rings (SSSR count). The normalized spacial score (nSPS) is 10.7. The first-order valence-corrected chi connectivity index (χ1v) is 5.80. The Kier molecular flexibility index (Phi) is 4.20. The van der Waals surface area contributed by atoms with Crippen LogP contribution in [0.5, 0.6) is 5.75 Å². The fourth-order valence-corrected chi connectivity index (χ4v) is 1.76. The number of rotatable bonds is 4. The van der Waals surface area contributed by atoms with E-state index in [1.165, 1.54) is 6.21 Å². The zero-order valence-electron chi connectivity index (χ0n) is 9.58. The maximum atomic E-state index is 8.46. The van der Waals surface area contributed by atoms with Gasteiger partial charge in [-0.3, -0.25) is 0 Å². The minimum Gasteiger partial charge on any atom is -0.489 e. The molecule has 0 radical (unpaired) electrons. The Morgan fingerprint density at radius 3 is 2.78 bits per heavy atom. The van der Waals surface area contributed by atoms with E-state index in [0.29, 0.717) is 17.4 Å². The van der Waals surface area contributed by atoms with Crippen LogP contribution in [-0.4, -0.2) is 11.4 Å². The van der Waals surface area contributed by atoms with Crippen molar-refractivity contribution in [3.05, 3.63) is 64.7 Å². The van der Waals surface area contributed by atoms with E-state index in [1.54, 1.807) is 6.07 Å². The van der Waals surface area contributed by atoms with E-state index in [2.05, 4.69) is 5.16 Å². The van der Waals surface area contributed by atoms with Gasteiger partial charge in [-0.1, -0.05) is 41.0 Å². The molecule has 0 unspecified atom stereocenters. The minimum atomic E-state index is 0.445. The van der Waals surface area contributed by atoms with E-state index >= 15 is 0 Å². The maximum Gasteiger partial charge on any atom is 0.120 e. The summed E-state index contributed by atoms with van der Waals surface area (Å²) in [5.41, 5.74) is 1.78. The van der Waals surface area contributed by atoms with Gasteiger partial charge in [0.25, 0.3) is 0 Å². The van der Waals surface area contributed by atoms with Crippen LogP contribution in [0.4, 0.5) is 0 Å². The largest absolute Gasteiger partial charge is 0.489 e. The molecule has 0 aromatic heterocycles. The highest BCUT2D eigenvalue weighted by Crippen LogP contribution is 2.16. The molecule has 3 nitrogen and oxygen atoms in total. The quantitative estimate of drug-likeness (QED) is 0.518. The molecule has 0 bridgehead atoms. The molecule has 1 N–H and O–H groups in total. The van der Waals surface area contributed by atoms with E-state index in [9.17, 15) is 0 Å². The summed E-state index contributed by atoms with van der Waals surface area (Å²) in [7, 11) is 0. The van der Waals surface area contributed by atoms with Gasteiger partial charge in [-0.25, -0.2) is 0 Å². The topological polar surface area (TPSA) is 41.8 Å². The average Bonchev–Trinajstić information content (AvgIpc) is 2.37. The second-order valence-corrected chi connectivity index (χ2v) is 4.17. The van der Waals surface area contributed by atoms with Crippen molar-refractivity contribution in [1.82, 2.24) is 0 Å². The fourth-order valence-electron chi connectivity index (χ4n) is 1.54. The van der Waals surface area contributed by atoms with E-state index in [4.69, 9.17) is 21.5 Å². The van der Waals surface area contributed by atoms with Gasteiger partial charge in [0.15, 0.2) is 0 Å². The van der Waals surface area contributed by atoms with Crippen LogP contribution in [0.15, 0.2) is 53.7 Å². The Bertz CT molecular complexity index is 555. The lowest BCUT2D eigenvalue weighted by molar-refractivity contribution is 0.306. The Morgan fingerprint density at radius 2 is 2.00 bits per heavy atom. The lowest BCUT2D eigenvalue weighted by atomic mass is 10.2. The summed E-state index contributed by atoms with van der Waals surface area (Å²) in [5, 5.41) is 12.1. The molecule has 0 spiro atoms. The van der Waals surface area contributed by atoms with Crippen molar-refractivity contribution < 1.29 is 9.94 Å². The van der Waals surface area contributed by atoms with Crippen molar-refractivity contribution >= 4 is 17.8 Å². The Morgan fingerprint density at radius 1 is 1.17 bits per heavy atom. The molecular formula is C14H12ClNO2. The second-order valence-electron chi connectivity index (χ2n) is 3.74. The first-order valence-electron chi connectivity index (χ1n) is 5.42. The number of benzene rings is 2. The molecule has 0 saturated carbocycles. The van der Waals surface area contributed by atoms with E-state index in [1.807, 2.05) is 42.5 Å². The van der Waals surface area contributed by atoms with Crippen LogP contribution in [0.1, 0.15) is 11.1 Å². The minimum absolute atomic E-state index is 0.445. The van der Waals surface area contributed by atoms with Crippen molar-refractivity contribution in [2.75, 3.05) is 0 Å². The number of nitrogens with zero attached hydrogens (tertiary/aromatic N) is 1. The molecule has 0 fully saturated rings. The lowest BCUT2D eigenvalue weighted by Gasteiger charge is -2.07. The summed E-state index contributed by atoms with van der Waals surface area (Å²) in [6, 6.07) is 14.8. The summed E-state index contributed by atoms with van der Waals surface area (Å²) in [6.45, 7) is 0.445. The molecule has 0 atom stereocenters. The third-order valence-electron chi connectivity index (χ3n) is 2.36. The molecule has 4 heteroatoms. The zero-order chi connectivity index (χ0) is 12.8. The molecule has 92 valence electrons. The van der Waals surface area contributed by atoms with E-state index < -0.39 is 0 Å². The third-order valence-corrected chi connectivity index (χ3v) is 2.59. The van der Waals surface area contributed by atoms with Crippen LogP contribution < -0.4 is 4.74 Å². The van der Waals surface area contributed by atoms with Crippen LogP contribution in [-0.2, 0) is 6.61 Å². The zero-order valence-corrected chi connectivity index (χ0v) is 10.3. The molecule has 18 heavy (non-hydrogen) atoms. The van der Waals surface area contributed by atoms with Crippen molar-refractivity contribution in [2.45, 2.75) is 6.61 Å². The van der Waals surface area contributed by atoms with Gasteiger partial charge in [0.05, 0.1) is 6.21 Å². The van der Waals surface area contributed by atoms with Gasteiger partial charge < -0.3 is 9.94 Å². The number of ether oxygens (including phenoxy) is 1. The SMILES string of the molecule is ON=Cc1cccc(OCc2cccc(Cl)c2)c1. The average molecular weight is 262 g/mol. The summed E-state index contributed by atoms with van der Waals surface area (Å²) in [5.74, 6) is 0.715. The van der Waals surface area contributed by atoms with Crippen LogP contribution >= 0.6 is 11.6 Å². The first kappa shape index (κ1) is 12.5. The predicted octanol–water partition coefficient (Wildman–Crippen LogP) is 3.73. The second kappa shape index (κ2) is 6.07. The van der Waals surface area contributed by atoms with Crippen molar-refractivity contribution in [1.29, 1.82) is 0 Å². The molecule has 0 saturated heterocycles. The van der Waals surface area contributed by atoms with Gasteiger partial charge in [0, 0.05) is 5.02 Å². The van der Waals surface area contributed by atoms with Gasteiger partial charge in [0.1, 0.15) is 12.4 Å². The standard InChI is InChI=1S/C14H12ClNO2/c15-13-5-1-4-12(7-13)10-18-14-6-2-3-11(8-14)9-16-17/h1-9,17H,10H2. The number of halogens is 1. The van der Waals surface area contributed by atoms with Gasteiger partial charge in [-0.05, 0) is 35.4 Å². The molecule has 0 heterocycles. The van der Waals surface area contributed by atoms with Crippen LogP contribution in [0.3, 0.4) is 0 Å². The Hall–Kier alpha value is -2.00. The Labute approximate surface area is 110 Å². The monoisotopic (exact) mass is 261 g/mol. The van der Waals surface area contributed by atoms with Gasteiger partial charge in [-0.15, -0.1) is 0 Å². The highest BCUT2D eigenvalue weighted by atomic mass is 35.5. The summed E-state index contributed by atoms with van der Waals surface area (Å²) >= 11 is 5.89. The number of oxime groups is 1. The fraction of sp³-hybridized carbons (Fsp3) is 0.0714. The van der Waals surface area contributed by atoms with Gasteiger partial charge >= 0.3 is 0 Å². The highest BCUT2D eigenvalue weighted by molar-refractivity contribution is 6.30. The summed E-state index contributed by atoms with van der Waals surface area (Å²) in [4.78, 5) is 0. The maximum absolute atomic E-state index is 8.46. The summed E-state index contributed by atoms with van der Waals surface area (Å²) < 4.78 is 5.63. The lowest BCUT2D eigenvalue weighted by Crippen LogP contribution is -1.95. The number of hydrogen-bond donors (Lipinski definition) is 1. The Balaban J connectivity index is 2.04. The smallest absolute Gasteiger partial charge is 0.120 e. The van der Waals surface area contributed by atoms with Crippen LogP contribution in [0, 0.1) is 0 Å². The first-order chi connectivity index (χ1) is 8.78. The summed E-state index contributed by atoms with van der Waals surface area (Å²) in [6.07, 6.45) is 1.35. The molecule has 0 aliphatic carbocycles. The predicted molar refractivity (Wildman–Crippen MR) is 71.6 cm³/mol. The van der Waals surface area contributed by atoms with Crippen molar-refractivity contribution in [2.24, 2.45) is 5.16 Å². The van der Waals surface area contributed by atoms with Crippen molar-refractivity contribution in [3.63, 3.8) is 0 Å². The highest BCUT2D eigenvalue weighted by Gasteiger charge is 1.98. The van der Waals surface area contributed by atoms with Crippen LogP contribution in [0.2, 0.25) is 5.02 Å². The molecule has 0 aliphatic heterocycles. The van der Waals surface area contributed by atoms with Gasteiger partial charge in [-0.2, -0.15) is 0 Å².